The van der Waals surface area contributed by atoms with Gasteiger partial charge in [0, 0.05) is 58.0 Å². The van der Waals surface area contributed by atoms with Gasteiger partial charge in [-0.2, -0.15) is 0 Å². The predicted octanol–water partition coefficient (Wildman–Crippen LogP) is 4.55. The maximum absolute atomic E-state index is 11.9. The number of thiophene rings is 1. The van der Waals surface area contributed by atoms with E-state index >= 15 is 0 Å². The first-order valence-electron chi connectivity index (χ1n) is 8.60. The summed E-state index contributed by atoms with van der Waals surface area (Å²) in [5, 5.41) is 3.47. The minimum absolute atomic E-state index is 0. The minimum atomic E-state index is 0. The molecule has 0 aliphatic carbocycles. The van der Waals surface area contributed by atoms with E-state index in [1.165, 1.54) is 9.75 Å². The van der Waals surface area contributed by atoms with Gasteiger partial charge >= 0.3 is 0 Å². The predicted molar refractivity (Wildman–Crippen MR) is 119 cm³/mol. The summed E-state index contributed by atoms with van der Waals surface area (Å²) < 4.78 is 0. The fraction of sp³-hybridized carbons (Fsp3) is 0.300. The van der Waals surface area contributed by atoms with Gasteiger partial charge in [-0.05, 0) is 43.7 Å². The van der Waals surface area contributed by atoms with E-state index in [1.54, 1.807) is 11.3 Å². The van der Waals surface area contributed by atoms with Crippen LogP contribution in [0, 0.1) is 6.92 Å². The molecule has 7 heteroatoms. The Morgan fingerprint density at radius 1 is 1.19 bits per heavy atom. The quantitative estimate of drug-likeness (QED) is 0.545. The highest BCUT2D eigenvalue weighted by Crippen LogP contribution is 2.29. The van der Waals surface area contributed by atoms with E-state index in [0.29, 0.717) is 0 Å². The van der Waals surface area contributed by atoms with Gasteiger partial charge in [0.2, 0.25) is 0 Å². The Hall–Kier alpha value is -1.66. The van der Waals surface area contributed by atoms with Crippen LogP contribution >= 0.6 is 36.2 Å². The standard InChI is InChI=1S/C20H23N3OS.2ClH/c1-3-15-12-18(14(2)23-20(15)24)19-8-7-17(25-19)13-21-11-9-16-6-4-5-10-22-16;;/h4-8,10,12,21H,3,9,11,13H2,1-2H3,(H,23,24);2*1H. The number of rotatable bonds is 7. The lowest BCUT2D eigenvalue weighted by atomic mass is 10.1. The van der Waals surface area contributed by atoms with Crippen molar-refractivity contribution in [1.29, 1.82) is 0 Å². The van der Waals surface area contributed by atoms with E-state index in [9.17, 15) is 4.79 Å². The number of nitrogens with zero attached hydrogens (tertiary/aromatic N) is 1. The Morgan fingerprint density at radius 2 is 2.00 bits per heavy atom. The Bertz CT molecular complexity index is 894. The fourth-order valence-corrected chi connectivity index (χ4v) is 3.83. The van der Waals surface area contributed by atoms with Crippen LogP contribution in [0.15, 0.2) is 47.4 Å². The molecule has 0 fully saturated rings. The zero-order valence-electron chi connectivity index (χ0n) is 15.5. The number of H-pyrrole nitrogens is 1. The molecule has 4 nitrogen and oxygen atoms in total. The number of aryl methyl sites for hydroxylation is 2. The van der Waals surface area contributed by atoms with Crippen molar-refractivity contribution in [3.63, 3.8) is 0 Å². The lowest BCUT2D eigenvalue weighted by molar-refractivity contribution is 0.686. The lowest BCUT2D eigenvalue weighted by Gasteiger charge is -2.06. The van der Waals surface area contributed by atoms with E-state index in [4.69, 9.17) is 0 Å². The molecule has 3 aromatic rings. The molecule has 0 bridgehead atoms. The van der Waals surface area contributed by atoms with Gasteiger partial charge in [0.15, 0.2) is 0 Å². The van der Waals surface area contributed by atoms with Crippen molar-refractivity contribution in [2.24, 2.45) is 0 Å². The number of aromatic nitrogens is 2. The lowest BCUT2D eigenvalue weighted by Crippen LogP contribution is -2.16. The molecule has 0 saturated heterocycles. The van der Waals surface area contributed by atoms with E-state index in [2.05, 4.69) is 33.5 Å². The van der Waals surface area contributed by atoms with Crippen LogP contribution in [-0.2, 0) is 19.4 Å². The number of halogens is 2. The third-order valence-corrected chi connectivity index (χ3v) is 5.33. The first-order valence-corrected chi connectivity index (χ1v) is 9.41. The Kier molecular flexibility index (Phi) is 9.74. The average molecular weight is 426 g/mol. The summed E-state index contributed by atoms with van der Waals surface area (Å²) in [5.41, 5.74) is 4.03. The summed E-state index contributed by atoms with van der Waals surface area (Å²) >= 11 is 1.77. The van der Waals surface area contributed by atoms with E-state index in [-0.39, 0.29) is 30.4 Å². The van der Waals surface area contributed by atoms with Crippen molar-refractivity contribution in [2.45, 2.75) is 33.2 Å². The van der Waals surface area contributed by atoms with Crippen LogP contribution in [0.1, 0.15) is 28.8 Å². The second-order valence-corrected chi connectivity index (χ2v) is 7.20. The summed E-state index contributed by atoms with van der Waals surface area (Å²) in [5.74, 6) is 0. The second-order valence-electron chi connectivity index (χ2n) is 6.03. The van der Waals surface area contributed by atoms with Crippen LogP contribution in [0.2, 0.25) is 0 Å². The molecule has 146 valence electrons. The molecule has 3 rings (SSSR count). The molecule has 0 atom stereocenters. The molecule has 0 spiro atoms. The van der Waals surface area contributed by atoms with Gasteiger partial charge in [-0.15, -0.1) is 36.2 Å². The van der Waals surface area contributed by atoms with Crippen molar-refractivity contribution < 1.29 is 0 Å². The van der Waals surface area contributed by atoms with Crippen LogP contribution in [-0.4, -0.2) is 16.5 Å². The molecule has 0 radical (unpaired) electrons. The molecule has 0 saturated carbocycles. The van der Waals surface area contributed by atoms with Gasteiger partial charge < -0.3 is 10.3 Å². The van der Waals surface area contributed by atoms with Crippen LogP contribution in [0.25, 0.3) is 10.4 Å². The van der Waals surface area contributed by atoms with Crippen molar-refractivity contribution in [2.75, 3.05) is 6.54 Å². The Labute approximate surface area is 176 Å². The molecule has 0 aliphatic rings. The van der Waals surface area contributed by atoms with Crippen molar-refractivity contribution in [3.8, 4) is 10.4 Å². The highest BCUT2D eigenvalue weighted by atomic mass is 35.5. The van der Waals surface area contributed by atoms with E-state index in [1.807, 2.05) is 38.2 Å². The normalized spacial score (nSPS) is 10.1. The zero-order valence-corrected chi connectivity index (χ0v) is 17.9. The fourth-order valence-electron chi connectivity index (χ4n) is 2.78. The van der Waals surface area contributed by atoms with Crippen LogP contribution in [0.5, 0.6) is 0 Å². The molecule has 0 aliphatic heterocycles. The molecule has 3 heterocycles. The number of hydrogen-bond donors (Lipinski definition) is 2. The molecule has 2 N–H and O–H groups in total. The summed E-state index contributed by atoms with van der Waals surface area (Å²) in [6, 6.07) is 12.3. The summed E-state index contributed by atoms with van der Waals surface area (Å²) in [4.78, 5) is 21.7. The molecule has 27 heavy (non-hydrogen) atoms. The maximum Gasteiger partial charge on any atom is 0.251 e. The SMILES string of the molecule is CCc1cc(-c2ccc(CNCCc3ccccn3)s2)c(C)[nH]c1=O.Cl.Cl. The number of hydrogen-bond acceptors (Lipinski definition) is 4. The summed E-state index contributed by atoms with van der Waals surface area (Å²) in [6.45, 7) is 5.72. The van der Waals surface area contributed by atoms with E-state index < -0.39 is 0 Å². The van der Waals surface area contributed by atoms with Crippen LogP contribution in [0.3, 0.4) is 0 Å². The van der Waals surface area contributed by atoms with Crippen molar-refractivity contribution in [3.05, 3.63) is 74.8 Å². The van der Waals surface area contributed by atoms with Gasteiger partial charge in [0.1, 0.15) is 0 Å². The third-order valence-electron chi connectivity index (χ3n) is 4.21. The average Bonchev–Trinajstić information content (AvgIpc) is 3.08. The monoisotopic (exact) mass is 425 g/mol. The summed E-state index contributed by atoms with van der Waals surface area (Å²) in [6.07, 6.45) is 3.51. The van der Waals surface area contributed by atoms with Gasteiger partial charge in [-0.25, -0.2) is 0 Å². The highest BCUT2D eigenvalue weighted by Gasteiger charge is 2.09. The Balaban J connectivity index is 0.00000182. The van der Waals surface area contributed by atoms with Gasteiger partial charge in [-0.3, -0.25) is 9.78 Å². The first kappa shape index (κ1) is 23.4. The van der Waals surface area contributed by atoms with Crippen LogP contribution in [0.4, 0.5) is 0 Å². The molecule has 3 aromatic heterocycles. The van der Waals surface area contributed by atoms with E-state index in [0.717, 1.165) is 48.4 Å². The maximum atomic E-state index is 11.9. The largest absolute Gasteiger partial charge is 0.326 e. The van der Waals surface area contributed by atoms with Gasteiger partial charge in [-0.1, -0.05) is 13.0 Å². The highest BCUT2D eigenvalue weighted by molar-refractivity contribution is 7.15. The number of pyridine rings is 2. The zero-order chi connectivity index (χ0) is 17.6. The molecule has 0 aromatic carbocycles. The second kappa shape index (κ2) is 11.2. The molecule has 0 unspecified atom stereocenters. The van der Waals surface area contributed by atoms with Gasteiger partial charge in [0.25, 0.3) is 5.56 Å². The van der Waals surface area contributed by atoms with Crippen molar-refractivity contribution >= 4 is 36.2 Å². The first-order chi connectivity index (χ1) is 12.2. The topological polar surface area (TPSA) is 57.8 Å². The van der Waals surface area contributed by atoms with Crippen LogP contribution < -0.4 is 10.9 Å². The molecular weight excluding hydrogens is 401 g/mol. The smallest absolute Gasteiger partial charge is 0.251 e. The third kappa shape index (κ3) is 6.18. The number of aromatic amines is 1. The summed E-state index contributed by atoms with van der Waals surface area (Å²) in [7, 11) is 0. The number of nitrogens with one attached hydrogen (secondary N) is 2. The minimum Gasteiger partial charge on any atom is -0.326 e. The molecular formula is C20H25Cl2N3OS. The Morgan fingerprint density at radius 3 is 2.70 bits per heavy atom. The molecule has 0 amide bonds. The van der Waals surface area contributed by atoms with Gasteiger partial charge in [0.05, 0.1) is 0 Å². The van der Waals surface area contributed by atoms with Crippen molar-refractivity contribution in [1.82, 2.24) is 15.3 Å².